The number of esters is 1. The minimum atomic E-state index is -0.494. The van der Waals surface area contributed by atoms with Gasteiger partial charge in [0.15, 0.2) is 5.69 Å². The van der Waals surface area contributed by atoms with Crippen molar-refractivity contribution in [2.75, 3.05) is 12.3 Å². The second kappa shape index (κ2) is 6.09. The highest BCUT2D eigenvalue weighted by Gasteiger charge is 2.20. The Morgan fingerprint density at radius 3 is 2.70 bits per heavy atom. The third-order valence-electron chi connectivity index (χ3n) is 3.07. The molecule has 0 radical (unpaired) electrons. The summed E-state index contributed by atoms with van der Waals surface area (Å²) in [5, 5.41) is 0. The molecule has 2 rings (SSSR count). The number of aromatic nitrogens is 2. The first kappa shape index (κ1) is 14.6. The van der Waals surface area contributed by atoms with Gasteiger partial charge in [0.25, 0.3) is 0 Å². The van der Waals surface area contributed by atoms with Crippen molar-refractivity contribution in [3.63, 3.8) is 0 Å². The number of rotatable bonds is 4. The summed E-state index contributed by atoms with van der Waals surface area (Å²) in [5.41, 5.74) is 7.23. The fourth-order valence-corrected chi connectivity index (χ4v) is 2.20. The maximum Gasteiger partial charge on any atom is 0.360 e. The van der Waals surface area contributed by atoms with Crippen LogP contribution in [0.15, 0.2) is 35.1 Å². The number of nitrogen functional groups attached to an aromatic ring is 1. The zero-order chi connectivity index (χ0) is 14.7. The van der Waals surface area contributed by atoms with Crippen molar-refractivity contribution in [2.24, 2.45) is 0 Å². The molecule has 6 heteroatoms. The number of imidazole rings is 1. The molecule has 2 aromatic rings. The van der Waals surface area contributed by atoms with Gasteiger partial charge in [0.1, 0.15) is 5.82 Å². The lowest BCUT2D eigenvalue weighted by atomic mass is 10.1. The van der Waals surface area contributed by atoms with E-state index in [4.69, 9.17) is 10.5 Å². The van der Waals surface area contributed by atoms with Crippen LogP contribution in [0, 0.1) is 0 Å². The molecule has 0 fully saturated rings. The van der Waals surface area contributed by atoms with E-state index in [0.717, 1.165) is 10.0 Å². The first-order valence-electron chi connectivity index (χ1n) is 6.29. The molecule has 1 heterocycles. The van der Waals surface area contributed by atoms with Gasteiger partial charge in [-0.1, -0.05) is 28.1 Å². The van der Waals surface area contributed by atoms with Crippen LogP contribution >= 0.6 is 15.9 Å². The van der Waals surface area contributed by atoms with Gasteiger partial charge in [-0.3, -0.25) is 0 Å². The third kappa shape index (κ3) is 2.85. The molecule has 1 unspecified atom stereocenters. The summed E-state index contributed by atoms with van der Waals surface area (Å²) in [6.45, 7) is 4.04. The number of nitrogens with two attached hydrogens (primary N) is 1. The predicted molar refractivity (Wildman–Crippen MR) is 80.6 cm³/mol. The Balaban J connectivity index is 2.29. The van der Waals surface area contributed by atoms with E-state index in [1.54, 1.807) is 17.8 Å². The number of benzene rings is 1. The topological polar surface area (TPSA) is 70.1 Å². The van der Waals surface area contributed by atoms with Crippen molar-refractivity contribution in [2.45, 2.75) is 19.9 Å². The molecule has 0 saturated carbocycles. The summed E-state index contributed by atoms with van der Waals surface area (Å²) < 4.78 is 7.69. The molecule has 0 spiro atoms. The predicted octanol–water partition coefficient (Wildman–Crippen LogP) is 3.01. The molecule has 0 bridgehead atoms. The first-order chi connectivity index (χ1) is 9.54. The van der Waals surface area contributed by atoms with Crippen LogP contribution < -0.4 is 5.73 Å². The number of carbonyl (C=O) groups excluding carboxylic acids is 1. The Labute approximate surface area is 125 Å². The lowest BCUT2D eigenvalue weighted by molar-refractivity contribution is 0.0521. The van der Waals surface area contributed by atoms with Gasteiger partial charge in [0, 0.05) is 4.47 Å². The summed E-state index contributed by atoms with van der Waals surface area (Å²) in [6.07, 6.45) is 1.56. The van der Waals surface area contributed by atoms with Gasteiger partial charge in [-0.25, -0.2) is 9.78 Å². The molecule has 2 N–H and O–H groups in total. The van der Waals surface area contributed by atoms with E-state index in [-0.39, 0.29) is 11.7 Å². The highest BCUT2D eigenvalue weighted by atomic mass is 79.9. The van der Waals surface area contributed by atoms with E-state index >= 15 is 0 Å². The van der Waals surface area contributed by atoms with Crippen molar-refractivity contribution in [3.05, 3.63) is 46.3 Å². The lowest BCUT2D eigenvalue weighted by Crippen LogP contribution is -2.12. The van der Waals surface area contributed by atoms with Gasteiger partial charge in [-0.05, 0) is 31.5 Å². The first-order valence-corrected chi connectivity index (χ1v) is 7.08. The van der Waals surface area contributed by atoms with E-state index in [0.29, 0.717) is 12.4 Å². The minimum absolute atomic E-state index is 0.0150. The molecule has 0 aliphatic heterocycles. The Kier molecular flexibility index (Phi) is 4.44. The number of anilines is 1. The maximum atomic E-state index is 11.7. The molecule has 0 saturated heterocycles. The molecular formula is C14H16BrN3O2. The van der Waals surface area contributed by atoms with Crippen molar-refractivity contribution >= 4 is 27.7 Å². The lowest BCUT2D eigenvalue weighted by Gasteiger charge is -2.15. The molecular weight excluding hydrogens is 322 g/mol. The number of carbonyl (C=O) groups is 1. The van der Waals surface area contributed by atoms with Crippen LogP contribution in [0.2, 0.25) is 0 Å². The SMILES string of the molecule is CCOC(=O)c1ncn(C(C)c2ccc(Br)cc2)c1N. The largest absolute Gasteiger partial charge is 0.461 e. The smallest absolute Gasteiger partial charge is 0.360 e. The van der Waals surface area contributed by atoms with Gasteiger partial charge >= 0.3 is 5.97 Å². The fraction of sp³-hybridized carbons (Fsp3) is 0.286. The van der Waals surface area contributed by atoms with Crippen LogP contribution in [0.3, 0.4) is 0 Å². The van der Waals surface area contributed by atoms with Crippen molar-refractivity contribution in [1.82, 2.24) is 9.55 Å². The minimum Gasteiger partial charge on any atom is -0.461 e. The van der Waals surface area contributed by atoms with E-state index < -0.39 is 5.97 Å². The highest BCUT2D eigenvalue weighted by molar-refractivity contribution is 9.10. The van der Waals surface area contributed by atoms with Gasteiger partial charge in [0.2, 0.25) is 0 Å². The third-order valence-corrected chi connectivity index (χ3v) is 3.60. The number of hydrogen-bond acceptors (Lipinski definition) is 4. The average Bonchev–Trinajstić information content (AvgIpc) is 2.81. The summed E-state index contributed by atoms with van der Waals surface area (Å²) in [6, 6.07) is 7.91. The normalized spacial score (nSPS) is 12.2. The fourth-order valence-electron chi connectivity index (χ4n) is 1.94. The number of hydrogen-bond donors (Lipinski definition) is 1. The Morgan fingerprint density at radius 2 is 2.10 bits per heavy atom. The van der Waals surface area contributed by atoms with Crippen LogP contribution in [0.4, 0.5) is 5.82 Å². The van der Waals surface area contributed by atoms with Crippen molar-refractivity contribution in [3.8, 4) is 0 Å². The second-order valence-corrected chi connectivity index (χ2v) is 5.25. The standard InChI is InChI=1S/C14H16BrN3O2/c1-3-20-14(19)12-13(16)18(8-17-12)9(2)10-4-6-11(15)7-5-10/h4-9H,3,16H2,1-2H3. The number of nitrogens with zero attached hydrogens (tertiary/aromatic N) is 2. The molecule has 0 amide bonds. The van der Waals surface area contributed by atoms with Gasteiger partial charge < -0.3 is 15.0 Å². The maximum absolute atomic E-state index is 11.7. The van der Waals surface area contributed by atoms with Crippen LogP contribution in [-0.4, -0.2) is 22.1 Å². The molecule has 5 nitrogen and oxygen atoms in total. The van der Waals surface area contributed by atoms with E-state index in [1.807, 2.05) is 31.2 Å². The Hall–Kier alpha value is -1.82. The summed E-state index contributed by atoms with van der Waals surface area (Å²) in [4.78, 5) is 15.8. The van der Waals surface area contributed by atoms with Crippen LogP contribution in [0.5, 0.6) is 0 Å². The van der Waals surface area contributed by atoms with E-state index in [9.17, 15) is 4.79 Å². The second-order valence-electron chi connectivity index (χ2n) is 4.33. The highest BCUT2D eigenvalue weighted by Crippen LogP contribution is 2.24. The summed E-state index contributed by atoms with van der Waals surface area (Å²) >= 11 is 3.40. The zero-order valence-corrected chi connectivity index (χ0v) is 12.9. The molecule has 0 aliphatic rings. The summed E-state index contributed by atoms with van der Waals surface area (Å²) in [5.74, 6) is -0.175. The van der Waals surface area contributed by atoms with Crippen LogP contribution in [-0.2, 0) is 4.74 Å². The molecule has 1 aromatic heterocycles. The van der Waals surface area contributed by atoms with Crippen molar-refractivity contribution in [1.29, 1.82) is 0 Å². The molecule has 1 aromatic carbocycles. The number of halogens is 1. The molecule has 20 heavy (non-hydrogen) atoms. The van der Waals surface area contributed by atoms with E-state index in [2.05, 4.69) is 20.9 Å². The Bertz CT molecular complexity index is 607. The molecule has 106 valence electrons. The van der Waals surface area contributed by atoms with Gasteiger partial charge in [-0.15, -0.1) is 0 Å². The van der Waals surface area contributed by atoms with Gasteiger partial charge in [0.05, 0.1) is 19.0 Å². The van der Waals surface area contributed by atoms with E-state index in [1.165, 1.54) is 0 Å². The van der Waals surface area contributed by atoms with Crippen LogP contribution in [0.25, 0.3) is 0 Å². The van der Waals surface area contributed by atoms with Crippen molar-refractivity contribution < 1.29 is 9.53 Å². The average molecular weight is 338 g/mol. The molecule has 0 aliphatic carbocycles. The van der Waals surface area contributed by atoms with Gasteiger partial charge in [-0.2, -0.15) is 0 Å². The summed E-state index contributed by atoms with van der Waals surface area (Å²) in [7, 11) is 0. The quantitative estimate of drug-likeness (QED) is 0.870. The number of ether oxygens (including phenoxy) is 1. The monoisotopic (exact) mass is 337 g/mol. The Morgan fingerprint density at radius 1 is 1.45 bits per heavy atom. The molecule has 1 atom stereocenters. The zero-order valence-electron chi connectivity index (χ0n) is 11.3. The van der Waals surface area contributed by atoms with Crippen LogP contribution in [0.1, 0.15) is 35.9 Å².